The Morgan fingerprint density at radius 2 is 2.42 bits per heavy atom. The van der Waals surface area contributed by atoms with Gasteiger partial charge in [0.2, 0.25) is 5.82 Å². The van der Waals surface area contributed by atoms with Crippen molar-refractivity contribution in [3.8, 4) is 6.07 Å². The molecule has 0 aliphatic heterocycles. The van der Waals surface area contributed by atoms with Crippen molar-refractivity contribution in [2.75, 3.05) is 5.32 Å². The first-order valence-corrected chi connectivity index (χ1v) is 6.31. The number of hydrogen-bond donors (Lipinski definition) is 1. The van der Waals surface area contributed by atoms with Crippen molar-refractivity contribution in [1.29, 1.82) is 5.26 Å². The fourth-order valence-electron chi connectivity index (χ4n) is 1.54. The zero-order chi connectivity index (χ0) is 13.8. The number of rotatable bonds is 4. The van der Waals surface area contributed by atoms with Crippen LogP contribution in [0.2, 0.25) is 0 Å². The summed E-state index contributed by atoms with van der Waals surface area (Å²) in [6.07, 6.45) is 1.32. The minimum absolute atomic E-state index is 0.171. The second-order valence-corrected chi connectivity index (χ2v) is 4.84. The van der Waals surface area contributed by atoms with Crippen LogP contribution < -0.4 is 5.32 Å². The van der Waals surface area contributed by atoms with Gasteiger partial charge in [0.05, 0.1) is 17.0 Å². The quantitative estimate of drug-likeness (QED) is 0.683. The van der Waals surface area contributed by atoms with Gasteiger partial charge in [-0.1, -0.05) is 0 Å². The molecule has 2 rings (SSSR count). The second kappa shape index (κ2) is 5.46. The van der Waals surface area contributed by atoms with E-state index >= 15 is 0 Å². The Kier molecular flexibility index (Phi) is 3.73. The molecule has 0 saturated heterocycles. The van der Waals surface area contributed by atoms with E-state index in [-0.39, 0.29) is 17.1 Å². The van der Waals surface area contributed by atoms with E-state index in [9.17, 15) is 10.1 Å². The highest BCUT2D eigenvalue weighted by Crippen LogP contribution is 2.24. The Morgan fingerprint density at radius 3 is 3.00 bits per heavy atom. The molecule has 2 heterocycles. The molecular weight excluding hydrogens is 264 g/mol. The van der Waals surface area contributed by atoms with Crippen molar-refractivity contribution in [3.05, 3.63) is 49.8 Å². The molecule has 96 valence electrons. The van der Waals surface area contributed by atoms with Crippen molar-refractivity contribution >= 4 is 22.8 Å². The van der Waals surface area contributed by atoms with Gasteiger partial charge in [-0.3, -0.25) is 10.1 Å². The number of anilines is 1. The van der Waals surface area contributed by atoms with E-state index in [1.54, 1.807) is 11.3 Å². The summed E-state index contributed by atoms with van der Waals surface area (Å²) >= 11 is 1.58. The van der Waals surface area contributed by atoms with E-state index in [0.717, 1.165) is 10.4 Å². The molecule has 0 atom stereocenters. The molecule has 0 amide bonds. The number of nitrogens with one attached hydrogen (secondary N) is 1. The highest BCUT2D eigenvalue weighted by Gasteiger charge is 2.16. The Balaban J connectivity index is 2.23. The molecule has 19 heavy (non-hydrogen) atoms. The third kappa shape index (κ3) is 2.86. The summed E-state index contributed by atoms with van der Waals surface area (Å²) in [7, 11) is 0. The summed E-state index contributed by atoms with van der Waals surface area (Å²) in [6.45, 7) is 2.46. The van der Waals surface area contributed by atoms with Crippen LogP contribution in [0.3, 0.4) is 0 Å². The molecule has 0 aliphatic rings. The van der Waals surface area contributed by atoms with Gasteiger partial charge in [0.25, 0.3) is 0 Å². The minimum atomic E-state index is -0.544. The van der Waals surface area contributed by atoms with Crippen LogP contribution in [0, 0.1) is 28.4 Å². The molecule has 2 aromatic heterocycles. The zero-order valence-electron chi connectivity index (χ0n) is 10.1. The van der Waals surface area contributed by atoms with Crippen molar-refractivity contribution < 1.29 is 4.92 Å². The third-order valence-electron chi connectivity index (χ3n) is 2.58. The largest absolute Gasteiger partial charge is 0.359 e. The van der Waals surface area contributed by atoms with Crippen LogP contribution >= 0.6 is 11.3 Å². The van der Waals surface area contributed by atoms with Crippen LogP contribution in [0.1, 0.15) is 16.0 Å². The number of nitrogens with zero attached hydrogens (tertiary/aromatic N) is 3. The number of aryl methyl sites for hydroxylation is 1. The van der Waals surface area contributed by atoms with Gasteiger partial charge in [0.15, 0.2) is 0 Å². The Bertz CT molecular complexity index is 660. The first-order valence-electron chi connectivity index (χ1n) is 5.43. The number of hydrogen-bond acceptors (Lipinski definition) is 6. The van der Waals surface area contributed by atoms with E-state index in [1.165, 1.54) is 12.3 Å². The van der Waals surface area contributed by atoms with Gasteiger partial charge < -0.3 is 5.32 Å². The Labute approximate surface area is 113 Å². The maximum Gasteiger partial charge on any atom is 0.312 e. The Hall–Kier alpha value is -2.46. The monoisotopic (exact) mass is 274 g/mol. The average molecular weight is 274 g/mol. The fourth-order valence-corrected chi connectivity index (χ4v) is 2.38. The molecule has 0 spiro atoms. The standard InChI is InChI=1S/C12H10N4O2S/c1-8-2-3-19-11(8)7-15-12-10(16(17)18)4-9(5-13)6-14-12/h2-4,6H,7H2,1H3,(H,14,15). The Morgan fingerprint density at radius 1 is 1.63 bits per heavy atom. The molecule has 0 bridgehead atoms. The molecule has 2 aromatic rings. The number of nitriles is 1. The van der Waals surface area contributed by atoms with E-state index in [4.69, 9.17) is 5.26 Å². The predicted octanol–water partition coefficient (Wildman–Crippen LogP) is 2.84. The highest BCUT2D eigenvalue weighted by atomic mass is 32.1. The van der Waals surface area contributed by atoms with Gasteiger partial charge in [-0.2, -0.15) is 5.26 Å². The first-order chi connectivity index (χ1) is 9.11. The summed E-state index contributed by atoms with van der Waals surface area (Å²) in [5.74, 6) is 0.178. The van der Waals surface area contributed by atoms with E-state index in [2.05, 4.69) is 10.3 Å². The maximum atomic E-state index is 10.9. The number of thiophene rings is 1. The fraction of sp³-hybridized carbons (Fsp3) is 0.167. The SMILES string of the molecule is Cc1ccsc1CNc1ncc(C#N)cc1[N+](=O)[O-]. The van der Waals surface area contributed by atoms with Gasteiger partial charge in [-0.25, -0.2) is 4.98 Å². The molecule has 0 fully saturated rings. The molecule has 7 heteroatoms. The maximum absolute atomic E-state index is 10.9. The summed E-state index contributed by atoms with van der Waals surface area (Å²) in [6, 6.07) is 5.04. The number of nitro groups is 1. The second-order valence-electron chi connectivity index (χ2n) is 3.84. The van der Waals surface area contributed by atoms with Gasteiger partial charge >= 0.3 is 5.69 Å². The molecule has 0 unspecified atom stereocenters. The van der Waals surface area contributed by atoms with Gasteiger partial charge in [0.1, 0.15) is 6.07 Å². The lowest BCUT2D eigenvalue weighted by atomic mass is 10.2. The van der Waals surface area contributed by atoms with Crippen LogP contribution in [0.5, 0.6) is 0 Å². The van der Waals surface area contributed by atoms with Crippen molar-refractivity contribution in [1.82, 2.24) is 4.98 Å². The van der Waals surface area contributed by atoms with E-state index in [1.807, 2.05) is 24.4 Å². The van der Waals surface area contributed by atoms with Crippen LogP contribution in [-0.2, 0) is 6.54 Å². The normalized spacial score (nSPS) is 9.89. The number of aromatic nitrogens is 1. The summed E-state index contributed by atoms with van der Waals surface area (Å²) in [4.78, 5) is 15.4. The van der Waals surface area contributed by atoms with Crippen LogP contribution in [0.15, 0.2) is 23.7 Å². The number of pyridine rings is 1. The van der Waals surface area contributed by atoms with E-state index < -0.39 is 4.92 Å². The molecule has 0 aliphatic carbocycles. The molecule has 0 saturated carbocycles. The molecule has 0 radical (unpaired) electrons. The molecular formula is C12H10N4O2S. The van der Waals surface area contributed by atoms with Gasteiger partial charge in [0, 0.05) is 17.1 Å². The lowest BCUT2D eigenvalue weighted by Gasteiger charge is -2.05. The lowest BCUT2D eigenvalue weighted by molar-refractivity contribution is -0.384. The summed E-state index contributed by atoms with van der Waals surface area (Å²) in [5.41, 5.74) is 1.12. The molecule has 6 nitrogen and oxygen atoms in total. The van der Waals surface area contributed by atoms with Crippen molar-refractivity contribution in [2.45, 2.75) is 13.5 Å². The smallest absolute Gasteiger partial charge is 0.312 e. The van der Waals surface area contributed by atoms with Crippen molar-refractivity contribution in [3.63, 3.8) is 0 Å². The van der Waals surface area contributed by atoms with Gasteiger partial charge in [-0.15, -0.1) is 11.3 Å². The average Bonchev–Trinajstić information content (AvgIpc) is 2.81. The molecule has 0 aromatic carbocycles. The molecule has 1 N–H and O–H groups in total. The third-order valence-corrected chi connectivity index (χ3v) is 3.60. The zero-order valence-corrected chi connectivity index (χ0v) is 10.9. The highest BCUT2D eigenvalue weighted by molar-refractivity contribution is 7.10. The van der Waals surface area contributed by atoms with Crippen LogP contribution in [-0.4, -0.2) is 9.91 Å². The van der Waals surface area contributed by atoms with E-state index in [0.29, 0.717) is 6.54 Å². The summed E-state index contributed by atoms with van der Waals surface area (Å²) < 4.78 is 0. The van der Waals surface area contributed by atoms with Crippen LogP contribution in [0.4, 0.5) is 11.5 Å². The van der Waals surface area contributed by atoms with Crippen LogP contribution in [0.25, 0.3) is 0 Å². The lowest BCUT2D eigenvalue weighted by Crippen LogP contribution is -2.04. The first kappa shape index (κ1) is 13.0. The summed E-state index contributed by atoms with van der Waals surface area (Å²) in [5, 5.41) is 24.6. The minimum Gasteiger partial charge on any atom is -0.359 e. The topological polar surface area (TPSA) is 91.8 Å². The van der Waals surface area contributed by atoms with Crippen molar-refractivity contribution in [2.24, 2.45) is 0 Å². The van der Waals surface area contributed by atoms with Gasteiger partial charge in [-0.05, 0) is 23.9 Å². The predicted molar refractivity (Wildman–Crippen MR) is 72.0 cm³/mol.